The number of rotatable bonds is 6. The minimum Gasteiger partial charge on any atom is -0.390 e. The van der Waals surface area contributed by atoms with E-state index in [4.69, 9.17) is 21.1 Å². The molecule has 8 nitrogen and oxygen atoms in total. The number of nitrogens with two attached hydrogens (primary N) is 1. The van der Waals surface area contributed by atoms with Crippen LogP contribution in [0.5, 0.6) is 0 Å². The molecule has 0 aliphatic carbocycles. The molecule has 0 aliphatic rings. The van der Waals surface area contributed by atoms with Crippen molar-refractivity contribution >= 4 is 11.8 Å². The molecule has 0 radical (unpaired) electrons. The molecule has 0 saturated heterocycles. The molecule has 0 heterocycles. The summed E-state index contributed by atoms with van der Waals surface area (Å²) in [4.78, 5) is 21.0. The van der Waals surface area contributed by atoms with Crippen LogP contribution in [0.1, 0.15) is 27.7 Å². The molecule has 8 heteroatoms. The van der Waals surface area contributed by atoms with Crippen LogP contribution >= 0.6 is 0 Å². The van der Waals surface area contributed by atoms with Gasteiger partial charge in [-0.15, -0.1) is 0 Å². The Labute approximate surface area is 125 Å². The molecule has 0 aromatic heterocycles. The van der Waals surface area contributed by atoms with Crippen molar-refractivity contribution < 1.29 is 30.0 Å². The van der Waals surface area contributed by atoms with E-state index in [-0.39, 0.29) is 11.8 Å². The minimum atomic E-state index is -1.44. The predicted molar refractivity (Wildman–Crippen MR) is 77.0 cm³/mol. The first-order valence-corrected chi connectivity index (χ1v) is 6.70. The molecule has 4 atom stereocenters. The molecule has 0 bridgehead atoms. The van der Waals surface area contributed by atoms with Crippen molar-refractivity contribution in [2.75, 3.05) is 7.05 Å². The molecule has 0 saturated carbocycles. The number of hydrogen-bond donors (Lipinski definition) is 6. The lowest BCUT2D eigenvalue weighted by Gasteiger charge is -2.19. The third-order valence-corrected chi connectivity index (χ3v) is 2.82. The lowest BCUT2D eigenvalue weighted by Crippen LogP contribution is -2.42. The van der Waals surface area contributed by atoms with Crippen LogP contribution in [0.4, 0.5) is 0 Å². The molecule has 0 spiro atoms. The van der Waals surface area contributed by atoms with Crippen LogP contribution in [-0.2, 0) is 9.59 Å². The smallest absolute Gasteiger partial charge is 0.251 e. The van der Waals surface area contributed by atoms with Crippen LogP contribution in [0.25, 0.3) is 0 Å². The van der Waals surface area contributed by atoms with Crippen molar-refractivity contribution in [1.29, 1.82) is 0 Å². The third-order valence-electron chi connectivity index (χ3n) is 2.82. The topological polar surface area (TPSA) is 153 Å². The van der Waals surface area contributed by atoms with Gasteiger partial charge in [0.1, 0.15) is 0 Å². The highest BCUT2D eigenvalue weighted by Gasteiger charge is 2.25. The first-order valence-electron chi connectivity index (χ1n) is 6.70. The summed E-state index contributed by atoms with van der Waals surface area (Å²) in [7, 11) is 1.42. The SMILES string of the molecule is CC(C)[C@H](O)[C@@H](O)C(N)=O.CNC(=O)[C@H](O)[C@@H](O)C(C)C. The molecular weight excluding hydrogens is 280 g/mol. The van der Waals surface area contributed by atoms with E-state index in [1.807, 2.05) is 0 Å². The van der Waals surface area contributed by atoms with Gasteiger partial charge in [-0.05, 0) is 11.8 Å². The van der Waals surface area contributed by atoms with Crippen molar-refractivity contribution in [2.24, 2.45) is 17.6 Å². The van der Waals surface area contributed by atoms with Crippen molar-refractivity contribution in [2.45, 2.75) is 52.1 Å². The summed E-state index contributed by atoms with van der Waals surface area (Å²) >= 11 is 0. The normalized spacial score (nSPS) is 16.5. The summed E-state index contributed by atoms with van der Waals surface area (Å²) in [6.45, 7) is 6.85. The molecule has 7 N–H and O–H groups in total. The van der Waals surface area contributed by atoms with E-state index >= 15 is 0 Å². The van der Waals surface area contributed by atoms with Gasteiger partial charge in [0.25, 0.3) is 5.91 Å². The average Bonchev–Trinajstić information content (AvgIpc) is 2.43. The Balaban J connectivity index is 0. The van der Waals surface area contributed by atoms with Gasteiger partial charge in [-0.2, -0.15) is 0 Å². The Bertz CT molecular complexity index is 322. The molecule has 0 rings (SSSR count). The number of carbonyl (C=O) groups excluding carboxylic acids is 2. The van der Waals surface area contributed by atoms with Gasteiger partial charge >= 0.3 is 0 Å². The highest BCUT2D eigenvalue weighted by molar-refractivity contribution is 5.80. The van der Waals surface area contributed by atoms with Gasteiger partial charge in [-0.3, -0.25) is 9.59 Å². The van der Waals surface area contributed by atoms with E-state index in [1.165, 1.54) is 7.05 Å². The number of nitrogens with one attached hydrogen (secondary N) is 1. The van der Waals surface area contributed by atoms with E-state index in [9.17, 15) is 14.7 Å². The zero-order valence-corrected chi connectivity index (χ0v) is 13.1. The van der Waals surface area contributed by atoms with Gasteiger partial charge in [0, 0.05) is 7.05 Å². The first kappa shape index (κ1) is 22.1. The molecule has 0 unspecified atom stereocenters. The highest BCUT2D eigenvalue weighted by Crippen LogP contribution is 2.06. The van der Waals surface area contributed by atoms with Gasteiger partial charge in [0.15, 0.2) is 12.2 Å². The zero-order chi connectivity index (χ0) is 17.3. The standard InChI is InChI=1S/C7H15NO3.C6H13NO3/c1-4(2)5(9)6(10)7(11)8-3;1-3(2)4(8)5(9)6(7)10/h4-6,9-10H,1-3H3,(H,8,11);3-5,8-9H,1-2H3,(H2,7,10)/t5-,6+;4-,5+/m00/s1. The van der Waals surface area contributed by atoms with E-state index < -0.39 is 36.2 Å². The minimum absolute atomic E-state index is 0.123. The van der Waals surface area contributed by atoms with E-state index in [2.05, 4.69) is 5.32 Å². The van der Waals surface area contributed by atoms with E-state index in [0.717, 1.165) is 0 Å². The Morgan fingerprint density at radius 3 is 1.38 bits per heavy atom. The van der Waals surface area contributed by atoms with Gasteiger partial charge in [-0.1, -0.05) is 27.7 Å². The number of hydrogen-bond acceptors (Lipinski definition) is 6. The summed E-state index contributed by atoms with van der Waals surface area (Å²) in [5, 5.41) is 38.4. The Kier molecular flexibility index (Phi) is 11.0. The number of carbonyl (C=O) groups is 2. The first-order chi connectivity index (χ1) is 9.47. The quantitative estimate of drug-likeness (QED) is 0.332. The maximum atomic E-state index is 10.7. The number of aliphatic hydroxyl groups excluding tert-OH is 4. The second-order valence-electron chi connectivity index (χ2n) is 5.38. The lowest BCUT2D eigenvalue weighted by molar-refractivity contribution is -0.136. The monoisotopic (exact) mass is 308 g/mol. The largest absolute Gasteiger partial charge is 0.390 e. The molecular formula is C13H28N2O6. The lowest BCUT2D eigenvalue weighted by atomic mass is 10.0. The summed E-state index contributed by atoms with van der Waals surface area (Å²) in [5.74, 6) is -1.72. The molecule has 2 amide bonds. The molecule has 0 aromatic rings. The van der Waals surface area contributed by atoms with Crippen molar-refractivity contribution in [3.05, 3.63) is 0 Å². The maximum absolute atomic E-state index is 10.7. The Hall–Kier alpha value is -1.22. The third kappa shape index (κ3) is 8.61. The van der Waals surface area contributed by atoms with Crippen LogP contribution < -0.4 is 11.1 Å². The van der Waals surface area contributed by atoms with Crippen LogP contribution in [0.15, 0.2) is 0 Å². The Morgan fingerprint density at radius 2 is 1.19 bits per heavy atom. The number of likely N-dealkylation sites (N-methyl/N-ethyl adjacent to an activating group) is 1. The van der Waals surface area contributed by atoms with Gasteiger partial charge in [0.2, 0.25) is 5.91 Å². The average molecular weight is 308 g/mol. The van der Waals surface area contributed by atoms with Crippen LogP contribution in [0.3, 0.4) is 0 Å². The fourth-order valence-electron chi connectivity index (χ4n) is 1.20. The summed E-state index contributed by atoms with van der Waals surface area (Å²) in [6.07, 6.45) is -4.81. The molecule has 0 aliphatic heterocycles. The molecule has 21 heavy (non-hydrogen) atoms. The van der Waals surface area contributed by atoms with Crippen LogP contribution in [-0.4, -0.2) is 63.7 Å². The van der Waals surface area contributed by atoms with Crippen molar-refractivity contribution in [3.8, 4) is 0 Å². The fraction of sp³-hybridized carbons (Fsp3) is 0.846. The Morgan fingerprint density at radius 1 is 0.857 bits per heavy atom. The second kappa shape index (κ2) is 10.5. The number of primary amides is 1. The summed E-state index contributed by atoms with van der Waals surface area (Å²) < 4.78 is 0. The maximum Gasteiger partial charge on any atom is 0.251 e. The van der Waals surface area contributed by atoms with Crippen LogP contribution in [0, 0.1) is 11.8 Å². The summed E-state index contributed by atoms with van der Waals surface area (Å²) in [5.41, 5.74) is 4.73. The number of amides is 2. The molecule has 0 fully saturated rings. The van der Waals surface area contributed by atoms with Gasteiger partial charge < -0.3 is 31.5 Å². The fourth-order valence-corrected chi connectivity index (χ4v) is 1.20. The zero-order valence-electron chi connectivity index (χ0n) is 13.1. The van der Waals surface area contributed by atoms with Crippen molar-refractivity contribution in [3.63, 3.8) is 0 Å². The van der Waals surface area contributed by atoms with Crippen molar-refractivity contribution in [1.82, 2.24) is 5.32 Å². The number of aliphatic hydroxyl groups is 4. The van der Waals surface area contributed by atoms with Gasteiger partial charge in [0.05, 0.1) is 12.2 Å². The summed E-state index contributed by atoms with van der Waals surface area (Å²) in [6, 6.07) is 0. The van der Waals surface area contributed by atoms with E-state index in [0.29, 0.717) is 0 Å². The van der Waals surface area contributed by atoms with Gasteiger partial charge in [-0.25, -0.2) is 0 Å². The molecule has 126 valence electrons. The molecule has 0 aromatic carbocycles. The second-order valence-corrected chi connectivity index (χ2v) is 5.38. The van der Waals surface area contributed by atoms with E-state index in [1.54, 1.807) is 27.7 Å². The highest BCUT2D eigenvalue weighted by atomic mass is 16.3. The van der Waals surface area contributed by atoms with Crippen LogP contribution in [0.2, 0.25) is 0 Å². The predicted octanol–water partition coefficient (Wildman–Crippen LogP) is -2.04.